The smallest absolute Gasteiger partial charge is 0.252 e. The summed E-state index contributed by atoms with van der Waals surface area (Å²) < 4.78 is 5.07. The van der Waals surface area contributed by atoms with E-state index in [0.29, 0.717) is 5.92 Å². The first kappa shape index (κ1) is 63.1. The van der Waals surface area contributed by atoms with Gasteiger partial charge < -0.3 is 18.9 Å². The van der Waals surface area contributed by atoms with Gasteiger partial charge in [-0.3, -0.25) is 0 Å². The third-order valence-electron chi connectivity index (χ3n) is 24.2. The van der Waals surface area contributed by atoms with Gasteiger partial charge in [-0.25, -0.2) is 0 Å². The Bertz CT molecular complexity index is 6220. The van der Waals surface area contributed by atoms with Gasteiger partial charge in [0.25, 0.3) is 6.71 Å². The molecule has 107 heavy (non-hydrogen) atoms. The summed E-state index contributed by atoms with van der Waals surface area (Å²) in [7, 11) is 0. The fourth-order valence-electron chi connectivity index (χ4n) is 19.2. The second kappa shape index (κ2) is 24.1. The zero-order valence-corrected chi connectivity index (χ0v) is 61.1. The molecule has 0 bridgehead atoms. The van der Waals surface area contributed by atoms with Gasteiger partial charge in [0.15, 0.2) is 0 Å². The minimum atomic E-state index is -0.260. The van der Waals surface area contributed by atoms with Gasteiger partial charge in [-0.15, -0.1) is 0 Å². The van der Waals surface area contributed by atoms with E-state index in [1.54, 1.807) is 0 Å². The molecule has 0 N–H and O–H groups in total. The first-order valence-corrected chi connectivity index (χ1v) is 38.2. The Morgan fingerprint density at radius 3 is 1.22 bits per heavy atom. The van der Waals surface area contributed by atoms with Crippen LogP contribution in [0.1, 0.15) is 53.5 Å². The van der Waals surface area contributed by atoms with Crippen molar-refractivity contribution in [3.05, 3.63) is 373 Å². The molecule has 2 aromatic heterocycles. The van der Waals surface area contributed by atoms with Crippen LogP contribution in [0.4, 0.5) is 34.1 Å². The number of hydrogen-bond acceptors (Lipinski definition) is 2. The van der Waals surface area contributed by atoms with Crippen LogP contribution in [0, 0.1) is 28.6 Å². The predicted octanol–water partition coefficient (Wildman–Crippen LogP) is 25.0. The van der Waals surface area contributed by atoms with E-state index in [4.69, 9.17) is 0 Å². The topological polar surface area (TPSA) is 16.3 Å². The highest BCUT2D eigenvalue weighted by Crippen LogP contribution is 2.59. The Morgan fingerprint density at radius 2 is 0.766 bits per heavy atom. The molecule has 21 rings (SSSR count). The molecule has 510 valence electrons. The molecule has 13 aromatic carbocycles. The quantitative estimate of drug-likeness (QED) is 0.134. The van der Waals surface area contributed by atoms with Gasteiger partial charge in [0.1, 0.15) is 0 Å². The maximum atomic E-state index is 2.75. The minimum Gasteiger partial charge on any atom is -0.310 e. The van der Waals surface area contributed by atoms with E-state index in [-0.39, 0.29) is 29.4 Å². The Hall–Kier alpha value is -12.4. The molecule has 4 heterocycles. The van der Waals surface area contributed by atoms with E-state index >= 15 is 0 Å². The second-order valence-corrected chi connectivity index (χ2v) is 32.3. The molecule has 2 aliphatic heterocycles. The molecular formula is C102H79BN4. The molecule has 0 radical (unpaired) electrons. The van der Waals surface area contributed by atoms with Crippen LogP contribution in [-0.4, -0.2) is 15.8 Å². The molecule has 0 fully saturated rings. The van der Waals surface area contributed by atoms with Gasteiger partial charge in [-0.2, -0.15) is 0 Å². The average molecular weight is 1370 g/mol. The zero-order chi connectivity index (χ0) is 71.6. The van der Waals surface area contributed by atoms with Crippen LogP contribution in [0.25, 0.3) is 105 Å². The summed E-state index contributed by atoms with van der Waals surface area (Å²) in [5.41, 5.74) is 36.1. The fourth-order valence-corrected chi connectivity index (χ4v) is 19.2. The van der Waals surface area contributed by atoms with Gasteiger partial charge in [0, 0.05) is 84.1 Å². The molecule has 3 atom stereocenters. The number of nitrogens with zero attached hydrogens (tertiary/aromatic N) is 4. The number of hydrogen-bond donors (Lipinski definition) is 0. The third kappa shape index (κ3) is 9.83. The number of fused-ring (bicyclic) bond motifs is 10. The lowest BCUT2D eigenvalue weighted by Gasteiger charge is -2.48. The molecule has 0 saturated heterocycles. The molecule has 0 saturated carbocycles. The van der Waals surface area contributed by atoms with Crippen LogP contribution in [-0.2, 0) is 0 Å². The predicted molar refractivity (Wildman–Crippen MR) is 453 cm³/mol. The number of allylic oxidation sites excluding steroid dienone is 12. The van der Waals surface area contributed by atoms with E-state index in [0.717, 1.165) is 107 Å². The molecule has 15 aromatic rings. The highest BCUT2D eigenvalue weighted by atomic mass is 15.2. The Kier molecular flexibility index (Phi) is 14.2. The average Bonchev–Trinajstić information content (AvgIpc) is 1.11. The Balaban J connectivity index is 0.945. The Morgan fingerprint density at radius 1 is 0.346 bits per heavy atom. The first-order valence-electron chi connectivity index (χ1n) is 38.2. The van der Waals surface area contributed by atoms with E-state index < -0.39 is 0 Å². The van der Waals surface area contributed by atoms with Crippen LogP contribution in [0.5, 0.6) is 0 Å². The van der Waals surface area contributed by atoms with E-state index in [1.165, 1.54) is 88.0 Å². The molecule has 6 aliphatic rings. The number of aromatic nitrogens is 2. The van der Waals surface area contributed by atoms with Crippen LogP contribution in [0.15, 0.2) is 368 Å². The van der Waals surface area contributed by atoms with Crippen molar-refractivity contribution >= 4 is 106 Å². The first-order chi connectivity index (χ1) is 52.4. The van der Waals surface area contributed by atoms with Crippen LogP contribution in [0.3, 0.4) is 0 Å². The Labute approximate surface area is 626 Å². The SMILES string of the molecule is CC(C)(C)C1=CC2=CC(c3ccc4c(c3)N(c3c(-c5ccccc5)cccc3-c3ccccc3)c3cc(-n5c6ccccc6c6ccccc65)cc5c3B4c3ccc(-n4c6ccccc6c6ccccc64)cc3N5c3c(-c4ccccc4)cccc3-c3ccccc3)=C3C=C(C(C)(C)C)CC4C=CC(=C1)C2C34. The molecule has 0 amide bonds. The minimum absolute atomic E-state index is 0.0207. The van der Waals surface area contributed by atoms with Gasteiger partial charge in [-0.05, 0) is 150 Å². The van der Waals surface area contributed by atoms with Crippen molar-refractivity contribution in [2.45, 2.75) is 48.0 Å². The second-order valence-electron chi connectivity index (χ2n) is 32.3. The molecule has 0 spiro atoms. The lowest BCUT2D eigenvalue weighted by molar-refractivity contribution is 0.329. The van der Waals surface area contributed by atoms with Crippen LogP contribution >= 0.6 is 0 Å². The summed E-state index contributed by atoms with van der Waals surface area (Å²) in [4.78, 5) is 5.46. The van der Waals surface area contributed by atoms with Crippen molar-refractivity contribution in [3.8, 4) is 55.9 Å². The fraction of sp³-hybridized carbons (Fsp3) is 0.118. The van der Waals surface area contributed by atoms with Crippen molar-refractivity contribution in [1.29, 1.82) is 0 Å². The summed E-state index contributed by atoms with van der Waals surface area (Å²) in [6.07, 6.45) is 16.5. The van der Waals surface area contributed by atoms with Gasteiger partial charge in [0.2, 0.25) is 0 Å². The van der Waals surface area contributed by atoms with Crippen molar-refractivity contribution < 1.29 is 0 Å². The highest BCUT2D eigenvalue weighted by molar-refractivity contribution is 7.00. The van der Waals surface area contributed by atoms with E-state index in [2.05, 4.69) is 400 Å². The molecule has 4 aliphatic carbocycles. The summed E-state index contributed by atoms with van der Waals surface area (Å²) >= 11 is 0. The third-order valence-corrected chi connectivity index (χ3v) is 24.2. The van der Waals surface area contributed by atoms with Crippen LogP contribution < -0.4 is 26.2 Å². The molecule has 3 unspecified atom stereocenters. The van der Waals surface area contributed by atoms with E-state index in [9.17, 15) is 0 Å². The van der Waals surface area contributed by atoms with Crippen molar-refractivity contribution in [3.63, 3.8) is 0 Å². The molecule has 4 nitrogen and oxygen atoms in total. The molecule has 5 heteroatoms. The van der Waals surface area contributed by atoms with Crippen LogP contribution in [0.2, 0.25) is 0 Å². The summed E-state index contributed by atoms with van der Waals surface area (Å²) in [6, 6.07) is 115. The lowest BCUT2D eigenvalue weighted by Crippen LogP contribution is -2.61. The highest BCUT2D eigenvalue weighted by Gasteiger charge is 2.49. The largest absolute Gasteiger partial charge is 0.310 e. The monoisotopic (exact) mass is 1370 g/mol. The normalized spacial score (nSPS) is 17.0. The number of rotatable bonds is 9. The van der Waals surface area contributed by atoms with Crippen molar-refractivity contribution in [2.24, 2.45) is 28.6 Å². The zero-order valence-electron chi connectivity index (χ0n) is 61.1. The number of anilines is 6. The van der Waals surface area contributed by atoms with Crippen molar-refractivity contribution in [1.82, 2.24) is 9.13 Å². The summed E-state index contributed by atoms with van der Waals surface area (Å²) in [6.45, 7) is 14.1. The van der Waals surface area contributed by atoms with Gasteiger partial charge >= 0.3 is 0 Å². The molecular weight excluding hydrogens is 1290 g/mol. The van der Waals surface area contributed by atoms with Crippen molar-refractivity contribution in [2.75, 3.05) is 9.80 Å². The van der Waals surface area contributed by atoms with E-state index in [1.807, 2.05) is 0 Å². The van der Waals surface area contributed by atoms with Gasteiger partial charge in [0.05, 0.1) is 39.1 Å². The number of para-hydroxylation sites is 6. The lowest BCUT2D eigenvalue weighted by atomic mass is 9.33. The summed E-state index contributed by atoms with van der Waals surface area (Å²) in [5.74, 6) is 0.932. The maximum absolute atomic E-state index is 2.75. The summed E-state index contributed by atoms with van der Waals surface area (Å²) in [5, 5.41) is 4.88. The standard InChI is InChI=1S/C102H79BN4/c1-101(2,3)72-55-69-49-50-70-56-73(102(4,5)6)60-85-84(58-71(57-72)96(69)97(70)85)68-51-53-86-92(59-68)106(99-76(64-29-11-7-12-30-64)41-27-42-77(99)65-31-13-8-14-32-65)94-62-75(105-90-47-25-21-39-82(90)83-40-22-26-48-91(83)105)63-95-98(94)103(86)87-54-52-74(104-88-45-23-19-37-80(88)81-38-20-24-46-89(81)104)61-93(87)107(95)100-78(66-33-15-9-16-34-66)43-28-44-79(100)67-35-17-10-18-36-67/h7-55,57-63,70,96-97H,56H2,1-6H3. The van der Waals surface area contributed by atoms with Gasteiger partial charge in [-0.1, -0.05) is 332 Å². The number of benzene rings is 13. The maximum Gasteiger partial charge on any atom is 0.252 e.